The maximum Gasteiger partial charge on any atom is 0.236 e. The quantitative estimate of drug-likeness (QED) is 0.709. The Labute approximate surface area is 156 Å². The maximum atomic E-state index is 11.0. The lowest BCUT2D eigenvalue weighted by Gasteiger charge is -2.10. The zero-order chi connectivity index (χ0) is 19.0. The molecule has 0 bridgehead atoms. The molecular formula is C18H21N7O2. The van der Waals surface area contributed by atoms with Crippen molar-refractivity contribution in [1.82, 2.24) is 24.3 Å². The molecule has 0 atom stereocenters. The average Bonchev–Trinajstić information content (AvgIpc) is 3.24. The van der Waals surface area contributed by atoms with Gasteiger partial charge in [-0.15, -0.1) is 0 Å². The van der Waals surface area contributed by atoms with Gasteiger partial charge in [-0.3, -0.25) is 9.48 Å². The molecule has 0 aromatic carbocycles. The number of nitrogens with one attached hydrogen (secondary N) is 1. The van der Waals surface area contributed by atoms with Gasteiger partial charge in [0.05, 0.1) is 24.3 Å². The van der Waals surface area contributed by atoms with Gasteiger partial charge in [-0.05, 0) is 19.9 Å². The molecule has 27 heavy (non-hydrogen) atoms. The van der Waals surface area contributed by atoms with Crippen LogP contribution in [0.3, 0.4) is 0 Å². The highest BCUT2D eigenvalue weighted by Crippen LogP contribution is 2.34. The van der Waals surface area contributed by atoms with Crippen molar-refractivity contribution >= 4 is 11.7 Å². The van der Waals surface area contributed by atoms with Crippen LogP contribution in [0.25, 0.3) is 22.8 Å². The number of hydrogen-bond acceptors (Lipinski definition) is 6. The van der Waals surface area contributed by atoms with Crippen LogP contribution in [0.2, 0.25) is 0 Å². The molecular weight excluding hydrogens is 346 g/mol. The van der Waals surface area contributed by atoms with Gasteiger partial charge in [-0.1, -0.05) is 0 Å². The fraction of sp³-hybridized carbons (Fsp3) is 0.333. The van der Waals surface area contributed by atoms with E-state index < -0.39 is 5.91 Å². The van der Waals surface area contributed by atoms with Crippen LogP contribution in [-0.4, -0.2) is 43.4 Å². The molecule has 0 radical (unpaired) electrons. The Bertz CT molecular complexity index is 990. The first kappa shape index (κ1) is 17.1. The van der Waals surface area contributed by atoms with E-state index in [0.29, 0.717) is 24.7 Å². The third-order valence-electron chi connectivity index (χ3n) is 4.34. The topological polar surface area (TPSA) is 113 Å². The Kier molecular flexibility index (Phi) is 4.27. The van der Waals surface area contributed by atoms with Crippen molar-refractivity contribution in [3.8, 4) is 28.5 Å². The summed E-state index contributed by atoms with van der Waals surface area (Å²) in [6.45, 7) is 5.38. The summed E-state index contributed by atoms with van der Waals surface area (Å²) in [7, 11) is 0. The number of ether oxygens (including phenoxy) is 1. The Morgan fingerprint density at radius 1 is 1.44 bits per heavy atom. The van der Waals surface area contributed by atoms with E-state index in [1.54, 1.807) is 18.5 Å². The third kappa shape index (κ3) is 3.23. The van der Waals surface area contributed by atoms with Gasteiger partial charge in [0.2, 0.25) is 5.91 Å². The summed E-state index contributed by atoms with van der Waals surface area (Å²) in [5.74, 6) is 1.55. The molecule has 4 heterocycles. The van der Waals surface area contributed by atoms with Crippen molar-refractivity contribution in [3.05, 3.63) is 30.7 Å². The normalized spacial score (nSPS) is 12.9. The zero-order valence-electron chi connectivity index (χ0n) is 15.2. The summed E-state index contributed by atoms with van der Waals surface area (Å²) < 4.78 is 9.87. The van der Waals surface area contributed by atoms with Crippen LogP contribution < -0.4 is 15.8 Å². The fourth-order valence-corrected chi connectivity index (χ4v) is 3.11. The van der Waals surface area contributed by atoms with Crippen LogP contribution in [0, 0.1) is 0 Å². The number of nitrogens with two attached hydrogens (primary N) is 1. The van der Waals surface area contributed by atoms with Gasteiger partial charge in [0.1, 0.15) is 29.7 Å². The summed E-state index contributed by atoms with van der Waals surface area (Å²) in [5, 5.41) is 7.27. The number of carbonyl (C=O) groups is 1. The summed E-state index contributed by atoms with van der Waals surface area (Å²) >= 11 is 0. The Morgan fingerprint density at radius 3 is 3.07 bits per heavy atom. The molecule has 0 unspecified atom stereocenters. The van der Waals surface area contributed by atoms with Gasteiger partial charge in [0.25, 0.3) is 0 Å². The van der Waals surface area contributed by atoms with Gasteiger partial charge >= 0.3 is 0 Å². The van der Waals surface area contributed by atoms with Crippen LogP contribution in [-0.2, 0) is 11.3 Å². The number of hydrogen-bond donors (Lipinski definition) is 2. The first-order valence-electron chi connectivity index (χ1n) is 8.79. The van der Waals surface area contributed by atoms with Crippen LogP contribution in [0.15, 0.2) is 30.7 Å². The molecule has 0 aliphatic carbocycles. The SMILES string of the molecule is CC(C)n1nccc1-c1cn2c(n1)-c1cnc(NCC(N)=O)cc1OCC2. The third-order valence-corrected chi connectivity index (χ3v) is 4.34. The van der Waals surface area contributed by atoms with Crippen molar-refractivity contribution in [2.45, 2.75) is 26.4 Å². The molecule has 0 fully saturated rings. The first-order valence-corrected chi connectivity index (χ1v) is 8.79. The van der Waals surface area contributed by atoms with E-state index in [2.05, 4.69) is 33.8 Å². The Hall–Kier alpha value is -3.36. The van der Waals surface area contributed by atoms with Gasteiger partial charge < -0.3 is 20.4 Å². The molecule has 3 aromatic rings. The van der Waals surface area contributed by atoms with E-state index in [-0.39, 0.29) is 12.6 Å². The Balaban J connectivity index is 1.72. The highest BCUT2D eigenvalue weighted by molar-refractivity contribution is 5.79. The number of primary amides is 1. The summed E-state index contributed by atoms with van der Waals surface area (Å²) in [6, 6.07) is 3.97. The van der Waals surface area contributed by atoms with Crippen molar-refractivity contribution in [1.29, 1.82) is 0 Å². The number of fused-ring (bicyclic) bond motifs is 3. The second kappa shape index (κ2) is 6.75. The minimum Gasteiger partial charge on any atom is -0.491 e. The smallest absolute Gasteiger partial charge is 0.236 e. The number of anilines is 1. The van der Waals surface area contributed by atoms with E-state index in [9.17, 15) is 4.79 Å². The molecule has 140 valence electrons. The lowest BCUT2D eigenvalue weighted by atomic mass is 10.2. The van der Waals surface area contributed by atoms with E-state index in [0.717, 1.165) is 22.8 Å². The molecule has 9 heteroatoms. The number of amides is 1. The van der Waals surface area contributed by atoms with Crippen LogP contribution in [0.5, 0.6) is 5.75 Å². The summed E-state index contributed by atoms with van der Waals surface area (Å²) in [5.41, 5.74) is 7.81. The zero-order valence-corrected chi connectivity index (χ0v) is 15.2. The molecule has 1 aliphatic heterocycles. The second-order valence-electron chi connectivity index (χ2n) is 6.63. The second-order valence-corrected chi connectivity index (χ2v) is 6.63. The molecule has 0 saturated carbocycles. The number of pyridine rings is 1. The summed E-state index contributed by atoms with van der Waals surface area (Å²) in [6.07, 6.45) is 5.50. The molecule has 1 aliphatic rings. The number of carbonyl (C=O) groups excluding carboxylic acids is 1. The molecule has 4 rings (SSSR count). The number of aromatic nitrogens is 5. The van der Waals surface area contributed by atoms with Crippen molar-refractivity contribution < 1.29 is 9.53 Å². The lowest BCUT2D eigenvalue weighted by Crippen LogP contribution is -2.22. The van der Waals surface area contributed by atoms with Crippen LogP contribution in [0.4, 0.5) is 5.82 Å². The van der Waals surface area contributed by atoms with Gasteiger partial charge in [0, 0.05) is 30.7 Å². The molecule has 0 saturated heterocycles. The van der Waals surface area contributed by atoms with Crippen molar-refractivity contribution in [2.24, 2.45) is 5.73 Å². The monoisotopic (exact) mass is 367 g/mol. The molecule has 3 aromatic heterocycles. The minimum absolute atomic E-state index is 0.0176. The van der Waals surface area contributed by atoms with Crippen molar-refractivity contribution in [2.75, 3.05) is 18.5 Å². The minimum atomic E-state index is -0.449. The van der Waals surface area contributed by atoms with E-state index >= 15 is 0 Å². The van der Waals surface area contributed by atoms with Crippen molar-refractivity contribution in [3.63, 3.8) is 0 Å². The van der Waals surface area contributed by atoms with Gasteiger partial charge in [-0.25, -0.2) is 9.97 Å². The molecule has 0 spiro atoms. The largest absolute Gasteiger partial charge is 0.491 e. The van der Waals surface area contributed by atoms with E-state index in [4.69, 9.17) is 15.5 Å². The van der Waals surface area contributed by atoms with E-state index in [1.165, 1.54) is 0 Å². The van der Waals surface area contributed by atoms with E-state index in [1.807, 2.05) is 16.9 Å². The molecule has 1 amide bonds. The maximum absolute atomic E-state index is 11.0. The first-order chi connectivity index (χ1) is 13.0. The highest BCUT2D eigenvalue weighted by atomic mass is 16.5. The van der Waals surface area contributed by atoms with Crippen LogP contribution >= 0.6 is 0 Å². The van der Waals surface area contributed by atoms with Crippen LogP contribution in [0.1, 0.15) is 19.9 Å². The van der Waals surface area contributed by atoms with Gasteiger partial charge in [-0.2, -0.15) is 5.10 Å². The number of nitrogens with zero attached hydrogens (tertiary/aromatic N) is 5. The lowest BCUT2D eigenvalue weighted by molar-refractivity contribution is -0.116. The number of rotatable bonds is 5. The molecule has 3 N–H and O–H groups in total. The highest BCUT2D eigenvalue weighted by Gasteiger charge is 2.21. The van der Waals surface area contributed by atoms with Gasteiger partial charge in [0.15, 0.2) is 0 Å². The summed E-state index contributed by atoms with van der Waals surface area (Å²) in [4.78, 5) is 20.1. The standard InChI is InChI=1S/C18H21N7O2/c1-11(2)25-14(3-4-22-25)13-10-24-5-6-27-15-7-17(21-9-16(19)26)20-8-12(15)18(24)23-13/h3-4,7-8,10-11H,5-6,9H2,1-2H3,(H2,19,26)(H,20,21). The number of imidazole rings is 1. The average molecular weight is 367 g/mol. The molecule has 9 nitrogen and oxygen atoms in total. The predicted octanol–water partition coefficient (Wildman–Crippen LogP) is 1.68. The Morgan fingerprint density at radius 2 is 2.30 bits per heavy atom. The predicted molar refractivity (Wildman–Crippen MR) is 100 cm³/mol. The fourth-order valence-electron chi connectivity index (χ4n) is 3.11.